The molecule has 2 aliphatic rings. The first-order valence-electron chi connectivity index (χ1n) is 10.2. The number of nitrogens with zero attached hydrogens (tertiary/aromatic N) is 1. The third-order valence-corrected chi connectivity index (χ3v) is 5.24. The molecule has 0 aromatic heterocycles. The van der Waals surface area contributed by atoms with Crippen LogP contribution in [0.15, 0.2) is 40.5 Å². The van der Waals surface area contributed by atoms with Gasteiger partial charge in [0.1, 0.15) is 18.3 Å². The lowest BCUT2D eigenvalue weighted by atomic mass is 9.71. The van der Waals surface area contributed by atoms with Crippen molar-refractivity contribution in [1.82, 2.24) is 0 Å². The second-order valence-electron chi connectivity index (χ2n) is 7.71. The molecule has 1 aromatic rings. The van der Waals surface area contributed by atoms with Crippen molar-refractivity contribution in [3.05, 3.63) is 41.1 Å². The number of carbonyl (C=O) groups is 2. The van der Waals surface area contributed by atoms with Crippen LogP contribution in [0.5, 0.6) is 5.75 Å². The smallest absolute Gasteiger partial charge is 0.315 e. The van der Waals surface area contributed by atoms with Gasteiger partial charge in [-0.15, -0.1) is 0 Å². The molecule has 0 saturated heterocycles. The van der Waals surface area contributed by atoms with E-state index in [2.05, 4.69) is 4.99 Å². The molecule has 1 aliphatic heterocycles. The average Bonchev–Trinajstić information content (AvgIpc) is 2.67. The van der Waals surface area contributed by atoms with E-state index >= 15 is 0 Å². The predicted molar refractivity (Wildman–Crippen MR) is 110 cm³/mol. The quantitative estimate of drug-likeness (QED) is 0.514. The zero-order chi connectivity index (χ0) is 21.0. The van der Waals surface area contributed by atoms with E-state index in [0.717, 1.165) is 24.1 Å². The van der Waals surface area contributed by atoms with Crippen LogP contribution in [0, 0.1) is 5.92 Å². The Balaban J connectivity index is 2.09. The molecule has 3 rings (SSSR count). The van der Waals surface area contributed by atoms with Gasteiger partial charge < -0.3 is 14.2 Å². The largest absolute Gasteiger partial charge is 0.491 e. The summed E-state index contributed by atoms with van der Waals surface area (Å²) in [5.41, 5.74) is 2.93. The van der Waals surface area contributed by atoms with Gasteiger partial charge in [0.2, 0.25) is 0 Å². The van der Waals surface area contributed by atoms with Gasteiger partial charge in [0.05, 0.1) is 12.7 Å². The molecule has 29 heavy (non-hydrogen) atoms. The van der Waals surface area contributed by atoms with Crippen LogP contribution < -0.4 is 4.74 Å². The van der Waals surface area contributed by atoms with Crippen molar-refractivity contribution < 1.29 is 23.8 Å². The molecule has 6 nitrogen and oxygen atoms in total. The molecule has 0 radical (unpaired) electrons. The summed E-state index contributed by atoms with van der Waals surface area (Å²) >= 11 is 0. The van der Waals surface area contributed by atoms with Crippen molar-refractivity contribution in [3.8, 4) is 5.75 Å². The molecule has 0 spiro atoms. The topological polar surface area (TPSA) is 74.2 Å². The minimum Gasteiger partial charge on any atom is -0.491 e. The van der Waals surface area contributed by atoms with E-state index in [9.17, 15) is 9.59 Å². The maximum absolute atomic E-state index is 13.0. The molecule has 1 unspecified atom stereocenters. The van der Waals surface area contributed by atoms with Crippen LogP contribution in [-0.2, 0) is 19.1 Å². The molecule has 0 bridgehead atoms. The highest BCUT2D eigenvalue weighted by Crippen LogP contribution is 2.46. The Labute approximate surface area is 171 Å². The molecule has 0 N–H and O–H groups in total. The third-order valence-electron chi connectivity index (χ3n) is 5.24. The lowest BCUT2D eigenvalue weighted by Crippen LogP contribution is -2.37. The maximum atomic E-state index is 13.0. The standard InChI is InChI=1S/C23H29NO5/c1-14(2)29-19-11-6-5-8-16(19)21-20(23(26)28-13-12-27-4)15(3)24-17-9-7-10-18(25)22(17)21/h5-6,8,11,14,20-21H,7,9-10,12-13H2,1-4H3/t20?,21-/m1/s1. The van der Waals surface area contributed by atoms with Crippen molar-refractivity contribution in [2.75, 3.05) is 20.3 Å². The summed E-state index contributed by atoms with van der Waals surface area (Å²) in [6.45, 7) is 6.23. The third kappa shape index (κ3) is 4.58. The predicted octanol–water partition coefficient (Wildman–Crippen LogP) is 3.84. The van der Waals surface area contributed by atoms with Gasteiger partial charge in [-0.3, -0.25) is 14.6 Å². The minimum atomic E-state index is -0.662. The van der Waals surface area contributed by atoms with Crippen LogP contribution in [0.25, 0.3) is 0 Å². The number of rotatable bonds is 7. The molecule has 0 amide bonds. The second-order valence-corrected chi connectivity index (χ2v) is 7.71. The summed E-state index contributed by atoms with van der Waals surface area (Å²) in [5, 5.41) is 0. The number of benzene rings is 1. The van der Waals surface area contributed by atoms with Gasteiger partial charge in [-0.25, -0.2) is 0 Å². The number of para-hydroxylation sites is 1. The van der Waals surface area contributed by atoms with Gasteiger partial charge in [-0.2, -0.15) is 0 Å². The number of carbonyl (C=O) groups excluding carboxylic acids is 2. The van der Waals surface area contributed by atoms with Crippen LogP contribution in [0.2, 0.25) is 0 Å². The molecule has 156 valence electrons. The highest BCUT2D eigenvalue weighted by atomic mass is 16.6. The van der Waals surface area contributed by atoms with Crippen LogP contribution in [0.1, 0.15) is 51.5 Å². The summed E-state index contributed by atoms with van der Waals surface area (Å²) in [6.07, 6.45) is 1.97. The summed E-state index contributed by atoms with van der Waals surface area (Å²) in [4.78, 5) is 30.6. The fourth-order valence-electron chi connectivity index (χ4n) is 4.06. The molecule has 1 aliphatic carbocycles. The normalized spacial score (nSPS) is 21.7. The van der Waals surface area contributed by atoms with Crippen LogP contribution >= 0.6 is 0 Å². The van der Waals surface area contributed by atoms with Gasteiger partial charge in [0.15, 0.2) is 5.78 Å². The number of ketones is 1. The van der Waals surface area contributed by atoms with Gasteiger partial charge in [0, 0.05) is 42.0 Å². The first kappa shape index (κ1) is 21.2. The van der Waals surface area contributed by atoms with Crippen LogP contribution in [-0.4, -0.2) is 43.9 Å². The van der Waals surface area contributed by atoms with E-state index in [0.29, 0.717) is 30.1 Å². The number of Topliss-reactive ketones (excluding diaryl/α,β-unsaturated/α-hetero) is 1. The first-order valence-corrected chi connectivity index (χ1v) is 10.2. The van der Waals surface area contributed by atoms with E-state index in [-0.39, 0.29) is 18.5 Å². The zero-order valence-electron chi connectivity index (χ0n) is 17.6. The highest BCUT2D eigenvalue weighted by molar-refractivity contribution is 6.09. The summed E-state index contributed by atoms with van der Waals surface area (Å²) in [5.74, 6) is -0.772. The van der Waals surface area contributed by atoms with E-state index in [1.165, 1.54) is 0 Å². The molecule has 0 fully saturated rings. The molecular weight excluding hydrogens is 370 g/mol. The molecular formula is C23H29NO5. The number of ether oxygens (including phenoxy) is 3. The lowest BCUT2D eigenvalue weighted by molar-refractivity contribution is -0.147. The van der Waals surface area contributed by atoms with Crippen molar-refractivity contribution in [2.24, 2.45) is 10.9 Å². The molecule has 1 heterocycles. The number of aliphatic imine (C=N–C) groups is 1. The highest BCUT2D eigenvalue weighted by Gasteiger charge is 2.44. The Kier molecular flexibility index (Phi) is 6.85. The SMILES string of the molecule is COCCOC(=O)C1C(C)=NC2=C(C(=O)CCC2)[C@@H]1c1ccccc1OC(C)C. The summed E-state index contributed by atoms with van der Waals surface area (Å²) in [7, 11) is 1.56. The van der Waals surface area contributed by atoms with Crippen LogP contribution in [0.4, 0.5) is 0 Å². The number of allylic oxidation sites excluding steroid dienone is 2. The number of hydrogen-bond donors (Lipinski definition) is 0. The van der Waals surface area contributed by atoms with Crippen molar-refractivity contribution >= 4 is 17.5 Å². The Hall–Kier alpha value is -2.47. The average molecular weight is 399 g/mol. The van der Waals surface area contributed by atoms with Gasteiger partial charge >= 0.3 is 5.97 Å². The van der Waals surface area contributed by atoms with Gasteiger partial charge in [-0.1, -0.05) is 18.2 Å². The van der Waals surface area contributed by atoms with E-state index in [1.807, 2.05) is 45.0 Å². The molecule has 1 aromatic carbocycles. The Morgan fingerprint density at radius 1 is 1.21 bits per heavy atom. The molecule has 0 saturated carbocycles. The summed E-state index contributed by atoms with van der Waals surface area (Å²) < 4.78 is 16.5. The maximum Gasteiger partial charge on any atom is 0.315 e. The van der Waals surface area contributed by atoms with Gasteiger partial charge in [-0.05, 0) is 39.7 Å². The van der Waals surface area contributed by atoms with E-state index in [4.69, 9.17) is 14.2 Å². The van der Waals surface area contributed by atoms with Crippen molar-refractivity contribution in [1.29, 1.82) is 0 Å². The number of hydrogen-bond acceptors (Lipinski definition) is 6. The Morgan fingerprint density at radius 2 is 1.97 bits per heavy atom. The van der Waals surface area contributed by atoms with E-state index in [1.54, 1.807) is 7.11 Å². The fraction of sp³-hybridized carbons (Fsp3) is 0.522. The van der Waals surface area contributed by atoms with E-state index < -0.39 is 17.8 Å². The monoisotopic (exact) mass is 399 g/mol. The zero-order valence-corrected chi connectivity index (χ0v) is 17.6. The second kappa shape index (κ2) is 9.35. The van der Waals surface area contributed by atoms with Crippen molar-refractivity contribution in [3.63, 3.8) is 0 Å². The summed E-state index contributed by atoms with van der Waals surface area (Å²) in [6, 6.07) is 7.62. The first-order chi connectivity index (χ1) is 13.9. The van der Waals surface area contributed by atoms with Crippen molar-refractivity contribution in [2.45, 2.75) is 52.1 Å². The Bertz CT molecular complexity index is 839. The number of esters is 1. The Morgan fingerprint density at radius 3 is 2.69 bits per heavy atom. The molecule has 6 heteroatoms. The molecule has 2 atom stereocenters. The fourth-order valence-corrected chi connectivity index (χ4v) is 4.06. The van der Waals surface area contributed by atoms with Gasteiger partial charge in [0.25, 0.3) is 0 Å². The number of methoxy groups -OCH3 is 1. The lowest BCUT2D eigenvalue weighted by Gasteiger charge is -2.35. The van der Waals surface area contributed by atoms with Crippen LogP contribution in [0.3, 0.4) is 0 Å². The minimum absolute atomic E-state index is 0.0304.